The fourth-order valence-corrected chi connectivity index (χ4v) is 6.29. The van der Waals surface area contributed by atoms with E-state index in [1.54, 1.807) is 30.0 Å². The van der Waals surface area contributed by atoms with Crippen molar-refractivity contribution in [2.45, 2.75) is 55.0 Å². The molecule has 1 saturated carbocycles. The number of aliphatic hydroxyl groups excluding tert-OH is 1. The Bertz CT molecular complexity index is 1270. The van der Waals surface area contributed by atoms with E-state index in [9.17, 15) is 23.1 Å². The summed E-state index contributed by atoms with van der Waals surface area (Å²) in [5.74, 6) is 0.802. The Kier molecular flexibility index (Phi) is 5.74. The molecule has 182 valence electrons. The first-order valence-corrected chi connectivity index (χ1v) is 12.4. The molecule has 6 nitrogen and oxygen atoms in total. The van der Waals surface area contributed by atoms with Crippen LogP contribution in [0.4, 0.5) is 24.5 Å². The number of hydrogen-bond acceptors (Lipinski definition) is 6. The van der Waals surface area contributed by atoms with Crippen molar-refractivity contribution in [3.05, 3.63) is 47.5 Å². The first kappa shape index (κ1) is 23.9. The molecule has 0 radical (unpaired) electrons. The molecule has 3 aliphatic rings. The summed E-state index contributed by atoms with van der Waals surface area (Å²) in [6.07, 6.45) is -3.87. The summed E-state index contributed by atoms with van der Waals surface area (Å²) in [4.78, 5) is 17.3. The van der Waals surface area contributed by atoms with Crippen LogP contribution in [0.3, 0.4) is 0 Å². The lowest BCUT2D eigenvalue weighted by molar-refractivity contribution is -0.137. The van der Waals surface area contributed by atoms with Gasteiger partial charge in [0, 0.05) is 11.4 Å². The summed E-state index contributed by atoms with van der Waals surface area (Å²) in [6, 6.07) is 10.1. The van der Waals surface area contributed by atoms with Crippen LogP contribution in [-0.4, -0.2) is 39.6 Å². The van der Waals surface area contributed by atoms with Gasteiger partial charge < -0.3 is 14.7 Å². The molecule has 2 atom stereocenters. The lowest BCUT2D eigenvalue weighted by atomic mass is 9.75. The SMILES string of the molecule is CC(O)C1CSc2cc(N3C(=S)N(c4ccc(C#N)c(C(F)(F)F)c4)C(=O)C34CCC4)ccc2O1. The van der Waals surface area contributed by atoms with E-state index < -0.39 is 28.9 Å². The Hall–Kier alpha value is -2.81. The zero-order chi connectivity index (χ0) is 25.1. The Morgan fingerprint density at radius 2 is 1.97 bits per heavy atom. The second-order valence-electron chi connectivity index (χ2n) is 8.82. The molecule has 2 aliphatic heterocycles. The number of carbonyl (C=O) groups is 1. The molecule has 0 aromatic heterocycles. The predicted octanol–water partition coefficient (Wildman–Crippen LogP) is 4.87. The number of hydrogen-bond donors (Lipinski definition) is 1. The summed E-state index contributed by atoms with van der Waals surface area (Å²) in [6.45, 7) is 1.67. The minimum atomic E-state index is -4.75. The van der Waals surface area contributed by atoms with Crippen LogP contribution >= 0.6 is 24.0 Å². The van der Waals surface area contributed by atoms with Crippen molar-refractivity contribution in [2.24, 2.45) is 0 Å². The Labute approximate surface area is 209 Å². The fraction of sp³-hybridized carbons (Fsp3) is 0.375. The van der Waals surface area contributed by atoms with Crippen molar-refractivity contribution in [1.29, 1.82) is 5.26 Å². The smallest absolute Gasteiger partial charge is 0.417 e. The number of amides is 1. The second-order valence-corrected chi connectivity index (χ2v) is 10.2. The van der Waals surface area contributed by atoms with Crippen LogP contribution in [0.15, 0.2) is 41.3 Å². The molecular weight excluding hydrogens is 499 g/mol. The standard InChI is InChI=1S/C24H20F3N3O3S2/c1-13(31)19-12-35-20-10-16(5-6-18(20)33-19)30-22(34)29(21(32)23(30)7-2-8-23)15-4-3-14(11-28)17(9-15)24(25,26)27/h3-6,9-10,13,19,31H,2,7-8,12H2,1H3. The van der Waals surface area contributed by atoms with Crippen molar-refractivity contribution in [3.63, 3.8) is 0 Å². The van der Waals surface area contributed by atoms with Crippen molar-refractivity contribution in [1.82, 2.24) is 0 Å². The van der Waals surface area contributed by atoms with Crippen LogP contribution in [0.5, 0.6) is 5.75 Å². The zero-order valence-electron chi connectivity index (χ0n) is 18.5. The number of anilines is 2. The van der Waals surface area contributed by atoms with E-state index in [2.05, 4.69) is 0 Å². The molecule has 1 spiro atoms. The highest BCUT2D eigenvalue weighted by Gasteiger charge is 2.59. The van der Waals surface area contributed by atoms with Gasteiger partial charge in [0.25, 0.3) is 5.91 Å². The molecule has 2 fully saturated rings. The van der Waals surface area contributed by atoms with E-state index in [1.165, 1.54) is 17.8 Å². The molecule has 35 heavy (non-hydrogen) atoms. The first-order chi connectivity index (χ1) is 16.6. The van der Waals surface area contributed by atoms with Crippen LogP contribution in [0, 0.1) is 11.3 Å². The van der Waals surface area contributed by atoms with E-state index in [-0.39, 0.29) is 22.8 Å². The zero-order valence-corrected chi connectivity index (χ0v) is 20.1. The van der Waals surface area contributed by atoms with E-state index in [1.807, 2.05) is 6.07 Å². The van der Waals surface area contributed by atoms with Crippen molar-refractivity contribution < 1.29 is 27.8 Å². The number of halogens is 3. The molecule has 11 heteroatoms. The molecule has 2 unspecified atom stereocenters. The second kappa shape index (κ2) is 8.40. The maximum absolute atomic E-state index is 13.6. The summed E-state index contributed by atoms with van der Waals surface area (Å²) in [5, 5.41) is 19.1. The summed E-state index contributed by atoms with van der Waals surface area (Å²) in [7, 11) is 0. The number of benzene rings is 2. The van der Waals surface area contributed by atoms with Gasteiger partial charge in [0.1, 0.15) is 17.4 Å². The Morgan fingerprint density at radius 1 is 1.26 bits per heavy atom. The van der Waals surface area contributed by atoms with Crippen LogP contribution < -0.4 is 14.5 Å². The van der Waals surface area contributed by atoms with Gasteiger partial charge in [-0.1, -0.05) is 0 Å². The monoisotopic (exact) mass is 519 g/mol. The molecular formula is C24H20F3N3O3S2. The van der Waals surface area contributed by atoms with Crippen LogP contribution in [-0.2, 0) is 11.0 Å². The van der Waals surface area contributed by atoms with E-state index in [4.69, 9.17) is 22.2 Å². The molecule has 1 saturated heterocycles. The third kappa shape index (κ3) is 3.75. The van der Waals surface area contributed by atoms with Gasteiger partial charge in [-0.2, -0.15) is 18.4 Å². The van der Waals surface area contributed by atoms with Crippen LogP contribution in [0.25, 0.3) is 0 Å². The number of aliphatic hydroxyl groups is 1. The van der Waals surface area contributed by atoms with E-state index >= 15 is 0 Å². The van der Waals surface area contributed by atoms with E-state index in [0.717, 1.165) is 28.3 Å². The topological polar surface area (TPSA) is 76.8 Å². The van der Waals surface area contributed by atoms with Gasteiger partial charge >= 0.3 is 6.18 Å². The van der Waals surface area contributed by atoms with Gasteiger partial charge in [0.15, 0.2) is 5.11 Å². The Morgan fingerprint density at radius 3 is 2.57 bits per heavy atom. The normalized spacial score (nSPS) is 21.9. The summed E-state index contributed by atoms with van der Waals surface area (Å²) in [5.41, 5.74) is -1.95. The van der Waals surface area contributed by atoms with Gasteiger partial charge in [-0.25, -0.2) is 0 Å². The predicted molar refractivity (Wildman–Crippen MR) is 129 cm³/mol. The lowest BCUT2D eigenvalue weighted by Gasteiger charge is -2.43. The maximum atomic E-state index is 13.6. The van der Waals surface area contributed by atoms with Gasteiger partial charge in [0.2, 0.25) is 0 Å². The fourth-order valence-electron chi connectivity index (χ4n) is 4.66. The van der Waals surface area contributed by atoms with Gasteiger partial charge in [-0.3, -0.25) is 9.69 Å². The average Bonchev–Trinajstić information content (AvgIpc) is 3.04. The maximum Gasteiger partial charge on any atom is 0.417 e. The molecule has 1 N–H and O–H groups in total. The Balaban J connectivity index is 1.54. The summed E-state index contributed by atoms with van der Waals surface area (Å²) >= 11 is 7.19. The minimum absolute atomic E-state index is 0.0180. The molecule has 2 aromatic rings. The number of nitriles is 1. The van der Waals surface area contributed by atoms with Crippen molar-refractivity contribution in [2.75, 3.05) is 15.6 Å². The third-order valence-corrected chi connectivity index (χ3v) is 8.18. The number of alkyl halides is 3. The summed E-state index contributed by atoms with van der Waals surface area (Å²) < 4.78 is 46.6. The number of nitrogens with zero attached hydrogens (tertiary/aromatic N) is 3. The van der Waals surface area contributed by atoms with Gasteiger partial charge in [-0.05, 0) is 74.8 Å². The van der Waals surface area contributed by atoms with E-state index in [0.29, 0.717) is 30.0 Å². The van der Waals surface area contributed by atoms with Gasteiger partial charge in [0.05, 0.1) is 33.9 Å². The van der Waals surface area contributed by atoms with Crippen molar-refractivity contribution >= 4 is 46.4 Å². The molecule has 1 aliphatic carbocycles. The first-order valence-electron chi connectivity index (χ1n) is 11.0. The number of thioether (sulfide) groups is 1. The number of thiocarbonyl (C=S) groups is 1. The van der Waals surface area contributed by atoms with Crippen LogP contribution in [0.2, 0.25) is 0 Å². The number of ether oxygens (including phenoxy) is 1. The molecule has 1 amide bonds. The lowest BCUT2D eigenvalue weighted by Crippen LogP contribution is -2.55. The minimum Gasteiger partial charge on any atom is -0.486 e. The quantitative estimate of drug-likeness (QED) is 0.580. The number of fused-ring (bicyclic) bond motifs is 1. The van der Waals surface area contributed by atoms with Crippen LogP contribution in [0.1, 0.15) is 37.3 Å². The average molecular weight is 520 g/mol. The molecule has 5 rings (SSSR count). The van der Waals surface area contributed by atoms with Gasteiger partial charge in [-0.15, -0.1) is 11.8 Å². The highest BCUT2D eigenvalue weighted by molar-refractivity contribution is 7.99. The molecule has 2 heterocycles. The molecule has 2 aromatic carbocycles. The number of rotatable bonds is 3. The van der Waals surface area contributed by atoms with Crippen molar-refractivity contribution in [3.8, 4) is 11.8 Å². The largest absolute Gasteiger partial charge is 0.486 e. The molecule has 0 bridgehead atoms. The third-order valence-electron chi connectivity index (χ3n) is 6.68. The highest BCUT2D eigenvalue weighted by atomic mass is 32.2. The highest BCUT2D eigenvalue weighted by Crippen LogP contribution is 2.50. The number of carbonyl (C=O) groups excluding carboxylic acids is 1.